The molecule has 1 unspecified atom stereocenters. The van der Waals surface area contributed by atoms with Crippen molar-refractivity contribution in [2.75, 3.05) is 6.54 Å². The van der Waals surface area contributed by atoms with Crippen LogP contribution in [-0.2, 0) is 17.6 Å². The van der Waals surface area contributed by atoms with Crippen molar-refractivity contribution < 1.29 is 9.90 Å². The summed E-state index contributed by atoms with van der Waals surface area (Å²) < 4.78 is 0. The molecule has 1 aromatic rings. The van der Waals surface area contributed by atoms with Crippen LogP contribution in [0.15, 0.2) is 18.2 Å². The van der Waals surface area contributed by atoms with E-state index >= 15 is 0 Å². The van der Waals surface area contributed by atoms with E-state index in [1.807, 2.05) is 26.0 Å². The lowest BCUT2D eigenvalue weighted by Crippen LogP contribution is -2.32. The third-order valence-electron chi connectivity index (χ3n) is 3.62. The van der Waals surface area contributed by atoms with E-state index in [0.29, 0.717) is 18.0 Å². The van der Waals surface area contributed by atoms with Gasteiger partial charge < -0.3 is 10.4 Å². The number of hydrogen-bond acceptors (Lipinski definition) is 2. The smallest absolute Gasteiger partial charge is 0.253 e. The van der Waals surface area contributed by atoms with Crippen LogP contribution in [0, 0.1) is 5.92 Å². The molecule has 19 heavy (non-hydrogen) atoms. The molecule has 3 heteroatoms. The van der Waals surface area contributed by atoms with Gasteiger partial charge >= 0.3 is 0 Å². The minimum absolute atomic E-state index is 0.301. The predicted octanol–water partition coefficient (Wildman–Crippen LogP) is 2.37. The first-order valence-corrected chi connectivity index (χ1v) is 7.15. The molecule has 0 aliphatic heterocycles. The molecule has 0 aromatic heterocycles. The van der Waals surface area contributed by atoms with Crippen LogP contribution in [0.5, 0.6) is 0 Å². The number of nitrogens with one attached hydrogen (secondary N) is 1. The van der Waals surface area contributed by atoms with Gasteiger partial charge in [-0.25, -0.2) is 0 Å². The van der Waals surface area contributed by atoms with Crippen molar-refractivity contribution in [3.8, 4) is 0 Å². The number of fused-ring (bicyclic) bond motifs is 1. The fourth-order valence-corrected chi connectivity index (χ4v) is 2.48. The van der Waals surface area contributed by atoms with E-state index in [4.69, 9.17) is 0 Å². The highest BCUT2D eigenvalue weighted by atomic mass is 16.3. The summed E-state index contributed by atoms with van der Waals surface area (Å²) in [5, 5.41) is 12.9. The number of carbonyl (C=O) groups excluding carboxylic acids is 1. The molecular formula is C16H23NO2. The van der Waals surface area contributed by atoms with Gasteiger partial charge in [-0.1, -0.05) is 32.0 Å². The van der Waals surface area contributed by atoms with Gasteiger partial charge in [0.25, 0.3) is 5.91 Å². The van der Waals surface area contributed by atoms with Crippen molar-refractivity contribution in [1.82, 2.24) is 5.32 Å². The largest absolute Gasteiger partial charge is 0.378 e. The van der Waals surface area contributed by atoms with Crippen molar-refractivity contribution in [2.45, 2.75) is 45.6 Å². The van der Waals surface area contributed by atoms with Crippen LogP contribution in [-0.4, -0.2) is 17.6 Å². The maximum Gasteiger partial charge on any atom is 0.253 e. The maximum atomic E-state index is 11.9. The van der Waals surface area contributed by atoms with Gasteiger partial charge in [0.15, 0.2) is 6.10 Å². The van der Waals surface area contributed by atoms with Gasteiger partial charge in [0.05, 0.1) is 0 Å². The Morgan fingerprint density at radius 3 is 2.63 bits per heavy atom. The monoisotopic (exact) mass is 261 g/mol. The zero-order valence-corrected chi connectivity index (χ0v) is 11.8. The summed E-state index contributed by atoms with van der Waals surface area (Å²) in [7, 11) is 0. The number of rotatable bonds is 4. The number of hydrogen-bond donors (Lipinski definition) is 2. The van der Waals surface area contributed by atoms with Crippen molar-refractivity contribution in [1.29, 1.82) is 0 Å². The molecule has 1 aromatic carbocycles. The SMILES string of the molecule is CC(C)CNC(=O)C(O)c1ccc2c(c1)CCCC2. The summed E-state index contributed by atoms with van der Waals surface area (Å²) in [6.07, 6.45) is 3.57. The normalized spacial score (nSPS) is 16.0. The third-order valence-corrected chi connectivity index (χ3v) is 3.62. The number of aliphatic hydroxyl groups excluding tert-OH is 1. The average molecular weight is 261 g/mol. The molecule has 1 aliphatic carbocycles. The van der Waals surface area contributed by atoms with E-state index < -0.39 is 6.10 Å². The Labute approximate surface area is 115 Å². The summed E-state index contributed by atoms with van der Waals surface area (Å²) in [5.74, 6) is 0.0872. The van der Waals surface area contributed by atoms with Gasteiger partial charge in [-0.3, -0.25) is 4.79 Å². The lowest BCUT2D eigenvalue weighted by molar-refractivity contribution is -0.129. The van der Waals surface area contributed by atoms with Crippen LogP contribution in [0.2, 0.25) is 0 Å². The maximum absolute atomic E-state index is 11.9. The second-order valence-electron chi connectivity index (χ2n) is 5.78. The second-order valence-corrected chi connectivity index (χ2v) is 5.78. The molecule has 0 saturated carbocycles. The highest BCUT2D eigenvalue weighted by Gasteiger charge is 2.19. The number of carbonyl (C=O) groups is 1. The number of amides is 1. The molecule has 2 N–H and O–H groups in total. The van der Waals surface area contributed by atoms with Gasteiger partial charge in [-0.05, 0) is 48.3 Å². The molecule has 3 nitrogen and oxygen atoms in total. The van der Waals surface area contributed by atoms with E-state index in [1.165, 1.54) is 24.0 Å². The molecule has 2 rings (SSSR count). The summed E-state index contributed by atoms with van der Waals surface area (Å²) in [4.78, 5) is 11.9. The van der Waals surface area contributed by atoms with Crippen LogP contribution in [0.3, 0.4) is 0 Å². The molecule has 1 aliphatic rings. The Morgan fingerprint density at radius 1 is 1.26 bits per heavy atom. The lowest BCUT2D eigenvalue weighted by atomic mass is 9.89. The summed E-state index contributed by atoms with van der Waals surface area (Å²) in [6, 6.07) is 5.93. The van der Waals surface area contributed by atoms with Crippen LogP contribution in [0.4, 0.5) is 0 Å². The minimum Gasteiger partial charge on any atom is -0.378 e. The molecule has 104 valence electrons. The Balaban J connectivity index is 2.06. The first kappa shape index (κ1) is 14.1. The summed E-state index contributed by atoms with van der Waals surface area (Å²) >= 11 is 0. The molecule has 1 atom stereocenters. The Hall–Kier alpha value is -1.35. The van der Waals surface area contributed by atoms with Crippen LogP contribution >= 0.6 is 0 Å². The van der Waals surface area contributed by atoms with Crippen molar-refractivity contribution in [2.24, 2.45) is 5.92 Å². The standard InChI is InChI=1S/C16H23NO2/c1-11(2)10-17-16(19)15(18)14-8-7-12-5-3-4-6-13(12)9-14/h7-9,11,15,18H,3-6,10H2,1-2H3,(H,17,19). The Bertz CT molecular complexity index is 454. The number of aliphatic hydroxyl groups is 1. The lowest BCUT2D eigenvalue weighted by Gasteiger charge is -2.19. The first-order valence-electron chi connectivity index (χ1n) is 7.15. The zero-order chi connectivity index (χ0) is 13.8. The van der Waals surface area contributed by atoms with Crippen LogP contribution in [0.1, 0.15) is 49.5 Å². The van der Waals surface area contributed by atoms with Gasteiger partial charge in [0, 0.05) is 6.54 Å². The summed E-state index contributed by atoms with van der Waals surface area (Å²) in [6.45, 7) is 4.66. The average Bonchev–Trinajstić information content (AvgIpc) is 2.43. The Morgan fingerprint density at radius 2 is 1.95 bits per heavy atom. The highest BCUT2D eigenvalue weighted by molar-refractivity contribution is 5.82. The van der Waals surface area contributed by atoms with Crippen LogP contribution < -0.4 is 5.32 Å². The highest BCUT2D eigenvalue weighted by Crippen LogP contribution is 2.24. The quantitative estimate of drug-likeness (QED) is 0.874. The molecule has 0 radical (unpaired) electrons. The van der Waals surface area contributed by atoms with Gasteiger partial charge in [0.1, 0.15) is 0 Å². The van der Waals surface area contributed by atoms with E-state index in [9.17, 15) is 9.90 Å². The minimum atomic E-state index is -1.05. The third kappa shape index (κ3) is 3.57. The van der Waals surface area contributed by atoms with Crippen molar-refractivity contribution in [3.63, 3.8) is 0 Å². The first-order chi connectivity index (χ1) is 9.08. The topological polar surface area (TPSA) is 49.3 Å². The molecule has 1 amide bonds. The number of benzene rings is 1. The molecule has 0 fully saturated rings. The molecular weight excluding hydrogens is 238 g/mol. The summed E-state index contributed by atoms with van der Waals surface area (Å²) in [5.41, 5.74) is 3.37. The molecule has 0 heterocycles. The molecule has 0 bridgehead atoms. The van der Waals surface area contributed by atoms with Gasteiger partial charge in [-0.2, -0.15) is 0 Å². The van der Waals surface area contributed by atoms with Gasteiger partial charge in [-0.15, -0.1) is 0 Å². The van der Waals surface area contributed by atoms with E-state index in [0.717, 1.165) is 12.8 Å². The predicted molar refractivity (Wildman–Crippen MR) is 75.9 cm³/mol. The zero-order valence-electron chi connectivity index (χ0n) is 11.8. The van der Waals surface area contributed by atoms with Gasteiger partial charge in [0.2, 0.25) is 0 Å². The van der Waals surface area contributed by atoms with E-state index in [1.54, 1.807) is 0 Å². The van der Waals surface area contributed by atoms with Crippen molar-refractivity contribution in [3.05, 3.63) is 34.9 Å². The molecule has 0 spiro atoms. The van der Waals surface area contributed by atoms with Crippen molar-refractivity contribution >= 4 is 5.91 Å². The Kier molecular flexibility index (Phi) is 4.59. The number of aryl methyl sites for hydroxylation is 2. The van der Waals surface area contributed by atoms with Crippen LogP contribution in [0.25, 0.3) is 0 Å². The second kappa shape index (κ2) is 6.20. The van der Waals surface area contributed by atoms with E-state index in [2.05, 4.69) is 11.4 Å². The molecule has 0 saturated heterocycles. The fourth-order valence-electron chi connectivity index (χ4n) is 2.48. The fraction of sp³-hybridized carbons (Fsp3) is 0.562. The van der Waals surface area contributed by atoms with E-state index in [-0.39, 0.29) is 5.91 Å².